The van der Waals surface area contributed by atoms with Crippen LogP contribution in [0.1, 0.15) is 5.56 Å². The molecule has 5 nitrogen and oxygen atoms in total. The molecule has 0 aliphatic carbocycles. The molecule has 1 heterocycles. The molecule has 1 aliphatic heterocycles. The number of likely N-dealkylation sites (tertiary alicyclic amines) is 1. The summed E-state index contributed by atoms with van der Waals surface area (Å²) in [6.07, 6.45) is 0. The highest BCUT2D eigenvalue weighted by atomic mass is 16.4. The SMILES string of the molecule is Cc1cccc(N(C)C(=O)N2CC(C(=O)O)C2)c1. The van der Waals surface area contributed by atoms with E-state index in [4.69, 9.17) is 5.11 Å². The van der Waals surface area contributed by atoms with Gasteiger partial charge in [-0.05, 0) is 24.6 Å². The second-order valence-electron chi connectivity index (χ2n) is 4.62. The van der Waals surface area contributed by atoms with Crippen LogP contribution in [-0.4, -0.2) is 42.1 Å². The first kappa shape index (κ1) is 12.4. The zero-order chi connectivity index (χ0) is 13.3. The number of aryl methyl sites for hydroxylation is 1. The van der Waals surface area contributed by atoms with E-state index in [1.54, 1.807) is 16.8 Å². The molecule has 2 amide bonds. The first-order valence-electron chi connectivity index (χ1n) is 5.81. The van der Waals surface area contributed by atoms with Crippen LogP contribution in [0.15, 0.2) is 24.3 Å². The van der Waals surface area contributed by atoms with E-state index in [-0.39, 0.29) is 6.03 Å². The molecule has 5 heteroatoms. The molecule has 1 aromatic carbocycles. The third-order valence-electron chi connectivity index (χ3n) is 3.18. The van der Waals surface area contributed by atoms with Gasteiger partial charge in [-0.25, -0.2) is 4.79 Å². The number of carboxylic acid groups (broad SMARTS) is 1. The number of carbonyl (C=O) groups excluding carboxylic acids is 1. The minimum Gasteiger partial charge on any atom is -0.481 e. The van der Waals surface area contributed by atoms with Crippen molar-refractivity contribution in [2.75, 3.05) is 25.0 Å². The molecule has 0 unspecified atom stereocenters. The standard InChI is InChI=1S/C13H16N2O3/c1-9-4-3-5-11(6-9)14(2)13(18)15-7-10(8-15)12(16)17/h3-6,10H,7-8H2,1-2H3,(H,16,17). The maximum atomic E-state index is 12.1. The van der Waals surface area contributed by atoms with Crippen molar-refractivity contribution in [2.45, 2.75) is 6.92 Å². The molecule has 96 valence electrons. The number of aliphatic carboxylic acids is 1. The number of urea groups is 1. The Hall–Kier alpha value is -2.04. The number of carbonyl (C=O) groups is 2. The van der Waals surface area contributed by atoms with Gasteiger partial charge >= 0.3 is 12.0 Å². The topological polar surface area (TPSA) is 60.9 Å². The first-order valence-corrected chi connectivity index (χ1v) is 5.81. The number of hydrogen-bond acceptors (Lipinski definition) is 2. The van der Waals surface area contributed by atoms with Crippen LogP contribution in [0.4, 0.5) is 10.5 Å². The molecule has 0 aromatic heterocycles. The van der Waals surface area contributed by atoms with Crippen LogP contribution in [0, 0.1) is 12.8 Å². The van der Waals surface area contributed by atoms with Crippen LogP contribution >= 0.6 is 0 Å². The van der Waals surface area contributed by atoms with Crippen molar-refractivity contribution in [1.82, 2.24) is 4.90 Å². The lowest BCUT2D eigenvalue weighted by molar-refractivity contribution is -0.145. The van der Waals surface area contributed by atoms with Crippen LogP contribution in [-0.2, 0) is 4.79 Å². The number of amides is 2. The Bertz CT molecular complexity index is 481. The molecule has 1 N–H and O–H groups in total. The van der Waals surface area contributed by atoms with Gasteiger partial charge in [0, 0.05) is 25.8 Å². The van der Waals surface area contributed by atoms with E-state index < -0.39 is 11.9 Å². The quantitative estimate of drug-likeness (QED) is 0.864. The smallest absolute Gasteiger partial charge is 0.324 e. The number of hydrogen-bond donors (Lipinski definition) is 1. The molecule has 2 rings (SSSR count). The zero-order valence-electron chi connectivity index (χ0n) is 10.5. The third-order valence-corrected chi connectivity index (χ3v) is 3.18. The van der Waals surface area contributed by atoms with E-state index >= 15 is 0 Å². The van der Waals surface area contributed by atoms with E-state index in [1.807, 2.05) is 31.2 Å². The van der Waals surface area contributed by atoms with Crippen molar-refractivity contribution in [3.8, 4) is 0 Å². The normalized spacial score (nSPS) is 15.1. The fourth-order valence-corrected chi connectivity index (χ4v) is 1.95. The predicted octanol–water partition coefficient (Wildman–Crippen LogP) is 1.57. The fourth-order valence-electron chi connectivity index (χ4n) is 1.95. The van der Waals surface area contributed by atoms with E-state index in [0.29, 0.717) is 13.1 Å². The number of rotatable bonds is 2. The van der Waals surface area contributed by atoms with Gasteiger partial charge in [-0.1, -0.05) is 12.1 Å². The van der Waals surface area contributed by atoms with Crippen LogP contribution in [0.25, 0.3) is 0 Å². The average Bonchev–Trinajstić information content (AvgIpc) is 2.25. The van der Waals surface area contributed by atoms with Gasteiger partial charge in [-0.2, -0.15) is 0 Å². The molecule has 0 radical (unpaired) electrons. The van der Waals surface area contributed by atoms with Gasteiger partial charge < -0.3 is 10.0 Å². The van der Waals surface area contributed by atoms with Gasteiger partial charge in [0.25, 0.3) is 0 Å². The van der Waals surface area contributed by atoms with Gasteiger partial charge in [0.15, 0.2) is 0 Å². The third kappa shape index (κ3) is 2.30. The summed E-state index contributed by atoms with van der Waals surface area (Å²) in [5.41, 5.74) is 1.90. The van der Waals surface area contributed by atoms with Crippen LogP contribution in [0.5, 0.6) is 0 Å². The largest absolute Gasteiger partial charge is 0.481 e. The van der Waals surface area contributed by atoms with Gasteiger partial charge in [0.2, 0.25) is 0 Å². The number of anilines is 1. The maximum absolute atomic E-state index is 12.1. The Morgan fingerprint density at radius 2 is 2.06 bits per heavy atom. The second kappa shape index (κ2) is 4.68. The van der Waals surface area contributed by atoms with Gasteiger partial charge in [0.1, 0.15) is 0 Å². The Morgan fingerprint density at radius 3 is 2.61 bits per heavy atom. The molecular weight excluding hydrogens is 232 g/mol. The summed E-state index contributed by atoms with van der Waals surface area (Å²) in [6, 6.07) is 7.49. The highest BCUT2D eigenvalue weighted by Crippen LogP contribution is 2.21. The van der Waals surface area contributed by atoms with Crippen LogP contribution < -0.4 is 4.90 Å². The lowest BCUT2D eigenvalue weighted by Crippen LogP contribution is -2.56. The van der Waals surface area contributed by atoms with E-state index in [1.165, 1.54) is 0 Å². The summed E-state index contributed by atoms with van der Waals surface area (Å²) in [7, 11) is 1.70. The van der Waals surface area contributed by atoms with Crippen molar-refractivity contribution in [2.24, 2.45) is 5.92 Å². The van der Waals surface area contributed by atoms with Crippen molar-refractivity contribution in [1.29, 1.82) is 0 Å². The van der Waals surface area contributed by atoms with E-state index in [2.05, 4.69) is 0 Å². The van der Waals surface area contributed by atoms with Gasteiger partial charge in [0.05, 0.1) is 5.92 Å². The summed E-state index contributed by atoms with van der Waals surface area (Å²) in [5, 5.41) is 8.77. The molecular formula is C13H16N2O3. The Kier molecular flexibility index (Phi) is 3.23. The molecule has 1 aliphatic rings. The summed E-state index contributed by atoms with van der Waals surface area (Å²) >= 11 is 0. The lowest BCUT2D eigenvalue weighted by atomic mass is 10.0. The van der Waals surface area contributed by atoms with Crippen molar-refractivity contribution >= 4 is 17.7 Å². The molecule has 0 spiro atoms. The molecule has 0 atom stereocenters. The highest BCUT2D eigenvalue weighted by Gasteiger charge is 2.37. The summed E-state index contributed by atoms with van der Waals surface area (Å²) in [5.74, 6) is -1.25. The predicted molar refractivity (Wildman–Crippen MR) is 67.7 cm³/mol. The van der Waals surface area contributed by atoms with E-state index in [0.717, 1.165) is 11.3 Å². The molecule has 1 fully saturated rings. The number of benzene rings is 1. The van der Waals surface area contributed by atoms with Gasteiger partial charge in [-0.3, -0.25) is 9.69 Å². The Morgan fingerprint density at radius 1 is 1.39 bits per heavy atom. The summed E-state index contributed by atoms with van der Waals surface area (Å²) in [4.78, 5) is 25.8. The minimum absolute atomic E-state index is 0.155. The second-order valence-corrected chi connectivity index (χ2v) is 4.62. The zero-order valence-corrected chi connectivity index (χ0v) is 10.5. The highest BCUT2D eigenvalue weighted by molar-refractivity contribution is 5.93. The lowest BCUT2D eigenvalue weighted by Gasteiger charge is -2.38. The molecule has 1 aromatic rings. The summed E-state index contributed by atoms with van der Waals surface area (Å²) in [6.45, 7) is 2.56. The fraction of sp³-hybridized carbons (Fsp3) is 0.385. The Labute approximate surface area is 106 Å². The first-order chi connectivity index (χ1) is 8.49. The number of nitrogens with zero attached hydrogens (tertiary/aromatic N) is 2. The van der Waals surface area contributed by atoms with Gasteiger partial charge in [-0.15, -0.1) is 0 Å². The Balaban J connectivity index is 2.00. The van der Waals surface area contributed by atoms with Crippen LogP contribution in [0.2, 0.25) is 0 Å². The maximum Gasteiger partial charge on any atom is 0.324 e. The number of carboxylic acids is 1. The monoisotopic (exact) mass is 248 g/mol. The van der Waals surface area contributed by atoms with Crippen molar-refractivity contribution in [3.05, 3.63) is 29.8 Å². The molecule has 0 bridgehead atoms. The van der Waals surface area contributed by atoms with Crippen molar-refractivity contribution < 1.29 is 14.7 Å². The average molecular weight is 248 g/mol. The molecule has 0 saturated carbocycles. The van der Waals surface area contributed by atoms with Crippen molar-refractivity contribution in [3.63, 3.8) is 0 Å². The summed E-state index contributed by atoms with van der Waals surface area (Å²) < 4.78 is 0. The molecule has 18 heavy (non-hydrogen) atoms. The molecule has 1 saturated heterocycles. The van der Waals surface area contributed by atoms with E-state index in [9.17, 15) is 9.59 Å². The minimum atomic E-state index is -0.836. The van der Waals surface area contributed by atoms with Crippen LogP contribution in [0.3, 0.4) is 0 Å².